The molecule has 1 aliphatic rings. The van der Waals surface area contributed by atoms with Crippen molar-refractivity contribution >= 4 is 21.6 Å². The Bertz CT molecular complexity index is 805. The molecular formula is C15H12BrN3. The monoisotopic (exact) mass is 313 g/mol. The van der Waals surface area contributed by atoms with Gasteiger partial charge < -0.3 is 10.1 Å². The van der Waals surface area contributed by atoms with Crippen molar-refractivity contribution in [2.45, 2.75) is 13.0 Å². The van der Waals surface area contributed by atoms with Gasteiger partial charge in [0.15, 0.2) is 0 Å². The van der Waals surface area contributed by atoms with E-state index in [-0.39, 0.29) is 0 Å². The maximum atomic E-state index is 5.72. The van der Waals surface area contributed by atoms with E-state index in [2.05, 4.69) is 44.7 Å². The number of halogens is 1. The van der Waals surface area contributed by atoms with Crippen molar-refractivity contribution in [3.8, 4) is 11.3 Å². The smallest absolute Gasteiger partial charge is 0.137 e. The van der Waals surface area contributed by atoms with Crippen molar-refractivity contribution in [1.29, 1.82) is 0 Å². The SMILES string of the molecule is NCc1ccc2nc3c(n2c1)Cc1c(Br)cccc1-3. The lowest BCUT2D eigenvalue weighted by atomic mass is 10.1. The van der Waals surface area contributed by atoms with Gasteiger partial charge in [0.2, 0.25) is 0 Å². The fourth-order valence-corrected chi connectivity index (χ4v) is 3.28. The second kappa shape index (κ2) is 3.92. The molecule has 2 heterocycles. The highest BCUT2D eigenvalue weighted by Crippen LogP contribution is 2.39. The first-order valence-electron chi connectivity index (χ1n) is 6.25. The first-order valence-corrected chi connectivity index (χ1v) is 7.05. The third-order valence-corrected chi connectivity index (χ3v) is 4.48. The van der Waals surface area contributed by atoms with Crippen molar-refractivity contribution in [1.82, 2.24) is 9.38 Å². The molecule has 4 rings (SSSR count). The Kier molecular flexibility index (Phi) is 2.31. The number of nitrogens with two attached hydrogens (primary N) is 1. The Morgan fingerprint density at radius 2 is 2.16 bits per heavy atom. The van der Waals surface area contributed by atoms with Crippen molar-refractivity contribution in [3.63, 3.8) is 0 Å². The van der Waals surface area contributed by atoms with Crippen molar-refractivity contribution < 1.29 is 0 Å². The van der Waals surface area contributed by atoms with Crippen LogP contribution >= 0.6 is 15.9 Å². The van der Waals surface area contributed by atoms with Crippen molar-refractivity contribution in [2.75, 3.05) is 0 Å². The molecule has 0 aliphatic heterocycles. The van der Waals surface area contributed by atoms with Crippen molar-refractivity contribution in [2.24, 2.45) is 5.73 Å². The minimum atomic E-state index is 0.555. The molecule has 4 heteroatoms. The fourth-order valence-electron chi connectivity index (χ4n) is 2.77. The summed E-state index contributed by atoms with van der Waals surface area (Å²) in [6, 6.07) is 10.4. The normalized spacial score (nSPS) is 12.7. The third-order valence-electron chi connectivity index (χ3n) is 3.73. The minimum absolute atomic E-state index is 0.555. The predicted octanol–water partition coefficient (Wildman–Crippen LogP) is 3.13. The second-order valence-corrected chi connectivity index (χ2v) is 5.67. The van der Waals surface area contributed by atoms with Gasteiger partial charge in [-0.3, -0.25) is 0 Å². The van der Waals surface area contributed by atoms with E-state index in [0.717, 1.165) is 27.8 Å². The van der Waals surface area contributed by atoms with Gasteiger partial charge in [-0.1, -0.05) is 34.1 Å². The average Bonchev–Trinajstić information content (AvgIpc) is 2.95. The van der Waals surface area contributed by atoms with Crippen LogP contribution in [0.15, 0.2) is 41.0 Å². The van der Waals surface area contributed by atoms with Gasteiger partial charge in [0.1, 0.15) is 5.65 Å². The van der Waals surface area contributed by atoms with E-state index in [1.165, 1.54) is 16.8 Å². The molecule has 0 saturated heterocycles. The average molecular weight is 314 g/mol. The topological polar surface area (TPSA) is 43.3 Å². The summed E-state index contributed by atoms with van der Waals surface area (Å²) in [5, 5.41) is 0. The van der Waals surface area contributed by atoms with E-state index in [9.17, 15) is 0 Å². The van der Waals surface area contributed by atoms with Gasteiger partial charge in [-0.25, -0.2) is 4.98 Å². The first kappa shape index (κ1) is 11.2. The summed E-state index contributed by atoms with van der Waals surface area (Å²) in [4.78, 5) is 4.75. The molecule has 0 spiro atoms. The van der Waals surface area contributed by atoms with Gasteiger partial charge in [-0.05, 0) is 23.3 Å². The molecule has 0 unspecified atom stereocenters. The number of nitrogens with zero attached hydrogens (tertiary/aromatic N) is 2. The minimum Gasteiger partial charge on any atom is -0.326 e. The van der Waals surface area contributed by atoms with Crippen molar-refractivity contribution in [3.05, 3.63) is 57.8 Å². The third kappa shape index (κ3) is 1.50. The first-order chi connectivity index (χ1) is 9.28. The molecule has 19 heavy (non-hydrogen) atoms. The Balaban J connectivity index is 2.02. The number of benzene rings is 1. The zero-order valence-corrected chi connectivity index (χ0v) is 11.8. The summed E-state index contributed by atoms with van der Waals surface area (Å²) < 4.78 is 3.33. The summed E-state index contributed by atoms with van der Waals surface area (Å²) >= 11 is 3.63. The summed E-state index contributed by atoms with van der Waals surface area (Å²) in [6.45, 7) is 0.555. The fraction of sp³-hybridized carbons (Fsp3) is 0.133. The molecule has 0 atom stereocenters. The van der Waals surface area contributed by atoms with Gasteiger partial charge in [0, 0.05) is 29.2 Å². The van der Waals surface area contributed by atoms with Gasteiger partial charge in [0.05, 0.1) is 11.4 Å². The van der Waals surface area contributed by atoms with E-state index >= 15 is 0 Å². The van der Waals surface area contributed by atoms with Crippen LogP contribution in [0.3, 0.4) is 0 Å². The van der Waals surface area contributed by atoms with E-state index < -0.39 is 0 Å². The Morgan fingerprint density at radius 1 is 1.26 bits per heavy atom. The molecule has 94 valence electrons. The lowest BCUT2D eigenvalue weighted by molar-refractivity contribution is 0.989. The van der Waals surface area contributed by atoms with Crippen LogP contribution in [-0.2, 0) is 13.0 Å². The highest BCUT2D eigenvalue weighted by Gasteiger charge is 2.25. The number of pyridine rings is 1. The summed E-state index contributed by atoms with van der Waals surface area (Å²) in [6.07, 6.45) is 3.02. The van der Waals surface area contributed by atoms with Crippen LogP contribution in [0, 0.1) is 0 Å². The standard InChI is InChI=1S/C15H12BrN3/c16-12-3-1-2-10-11(12)6-13-15(10)18-14-5-4-9(7-17)8-19(13)14/h1-5,8H,6-7,17H2. The highest BCUT2D eigenvalue weighted by molar-refractivity contribution is 9.10. The van der Waals surface area contributed by atoms with Crippen LogP contribution in [0.4, 0.5) is 0 Å². The number of fused-ring (bicyclic) bond motifs is 5. The molecular weight excluding hydrogens is 302 g/mol. The quantitative estimate of drug-likeness (QED) is 0.586. The summed E-state index contributed by atoms with van der Waals surface area (Å²) in [5.41, 5.74) is 12.8. The van der Waals surface area contributed by atoms with E-state index in [1.807, 2.05) is 12.1 Å². The number of imidazole rings is 1. The van der Waals surface area contributed by atoms with Gasteiger partial charge >= 0.3 is 0 Å². The lowest BCUT2D eigenvalue weighted by Crippen LogP contribution is -2.00. The lowest BCUT2D eigenvalue weighted by Gasteiger charge is -2.03. The molecule has 2 N–H and O–H groups in total. The molecule has 0 radical (unpaired) electrons. The molecule has 1 aliphatic carbocycles. The zero-order chi connectivity index (χ0) is 13.0. The predicted molar refractivity (Wildman–Crippen MR) is 79.0 cm³/mol. The van der Waals surface area contributed by atoms with E-state index in [0.29, 0.717) is 6.54 Å². The van der Waals surface area contributed by atoms with Crippen LogP contribution < -0.4 is 5.73 Å². The number of hydrogen-bond acceptors (Lipinski definition) is 2. The van der Waals surface area contributed by atoms with Crippen LogP contribution in [0.5, 0.6) is 0 Å². The molecule has 0 saturated carbocycles. The number of aromatic nitrogens is 2. The molecule has 3 nitrogen and oxygen atoms in total. The second-order valence-electron chi connectivity index (χ2n) is 4.82. The molecule has 2 aromatic heterocycles. The molecule has 0 fully saturated rings. The molecule has 1 aromatic carbocycles. The van der Waals surface area contributed by atoms with Gasteiger partial charge in [-0.2, -0.15) is 0 Å². The van der Waals surface area contributed by atoms with Crippen LogP contribution in [-0.4, -0.2) is 9.38 Å². The summed E-state index contributed by atoms with van der Waals surface area (Å²) in [5.74, 6) is 0. The van der Waals surface area contributed by atoms with Gasteiger partial charge in [-0.15, -0.1) is 0 Å². The van der Waals surface area contributed by atoms with E-state index in [4.69, 9.17) is 10.7 Å². The van der Waals surface area contributed by atoms with Crippen LogP contribution in [0.1, 0.15) is 16.8 Å². The Morgan fingerprint density at radius 3 is 3.00 bits per heavy atom. The van der Waals surface area contributed by atoms with E-state index in [1.54, 1.807) is 0 Å². The zero-order valence-electron chi connectivity index (χ0n) is 10.2. The Labute approximate surface area is 119 Å². The molecule has 0 amide bonds. The van der Waals surface area contributed by atoms with Crippen LogP contribution in [0.2, 0.25) is 0 Å². The molecule has 0 bridgehead atoms. The Hall–Kier alpha value is -1.65. The summed E-state index contributed by atoms with van der Waals surface area (Å²) in [7, 11) is 0. The number of hydrogen-bond donors (Lipinski definition) is 1. The maximum absolute atomic E-state index is 5.72. The largest absolute Gasteiger partial charge is 0.326 e. The maximum Gasteiger partial charge on any atom is 0.137 e. The molecule has 3 aromatic rings. The van der Waals surface area contributed by atoms with Gasteiger partial charge in [0.25, 0.3) is 0 Å². The highest BCUT2D eigenvalue weighted by atomic mass is 79.9. The number of rotatable bonds is 1. The van der Waals surface area contributed by atoms with Crippen LogP contribution in [0.25, 0.3) is 16.9 Å².